The minimum Gasteiger partial charge on any atom is -0.347 e. The predicted molar refractivity (Wildman–Crippen MR) is 70.9 cm³/mol. The molecule has 3 nitrogen and oxygen atoms in total. The third-order valence-corrected chi connectivity index (χ3v) is 5.33. The van der Waals surface area contributed by atoms with Crippen molar-refractivity contribution < 1.29 is 8.78 Å². The third-order valence-electron chi connectivity index (χ3n) is 4.24. The zero-order valence-electron chi connectivity index (χ0n) is 10.3. The lowest BCUT2D eigenvalue weighted by Crippen LogP contribution is -2.39. The van der Waals surface area contributed by atoms with Crippen molar-refractivity contribution in [2.45, 2.75) is 25.2 Å². The minimum absolute atomic E-state index is 0.0446. The first kappa shape index (κ1) is 11.5. The molecule has 19 heavy (non-hydrogen) atoms. The van der Waals surface area contributed by atoms with Gasteiger partial charge >= 0.3 is 0 Å². The van der Waals surface area contributed by atoms with Gasteiger partial charge in [-0.2, -0.15) is 0 Å². The van der Waals surface area contributed by atoms with Crippen molar-refractivity contribution in [1.82, 2.24) is 9.97 Å². The molecule has 1 atom stereocenters. The Kier molecular flexibility index (Phi) is 2.20. The van der Waals surface area contributed by atoms with Crippen molar-refractivity contribution in [3.63, 3.8) is 0 Å². The molecule has 2 aromatic heterocycles. The molecule has 2 aliphatic rings. The molecule has 2 aromatic rings. The van der Waals surface area contributed by atoms with Crippen LogP contribution in [0.5, 0.6) is 0 Å². The summed E-state index contributed by atoms with van der Waals surface area (Å²) in [5, 5.41) is 0.852. The Morgan fingerprint density at radius 2 is 2.21 bits per heavy atom. The van der Waals surface area contributed by atoms with Crippen molar-refractivity contribution in [1.29, 1.82) is 0 Å². The number of pyridine rings is 1. The van der Waals surface area contributed by atoms with Gasteiger partial charge in [-0.3, -0.25) is 4.98 Å². The highest BCUT2D eigenvalue weighted by molar-refractivity contribution is 7.22. The fourth-order valence-corrected chi connectivity index (χ4v) is 3.98. The second kappa shape index (κ2) is 3.62. The number of anilines is 1. The molecule has 0 radical (unpaired) electrons. The molecule has 2 fully saturated rings. The Labute approximate surface area is 113 Å². The van der Waals surface area contributed by atoms with E-state index in [-0.39, 0.29) is 6.42 Å². The van der Waals surface area contributed by atoms with E-state index >= 15 is 0 Å². The molecule has 0 aromatic carbocycles. The van der Waals surface area contributed by atoms with E-state index in [2.05, 4.69) is 9.97 Å². The number of thiazole rings is 1. The van der Waals surface area contributed by atoms with Crippen LogP contribution in [0.3, 0.4) is 0 Å². The van der Waals surface area contributed by atoms with E-state index in [0.717, 1.165) is 28.3 Å². The second-order valence-corrected chi connectivity index (χ2v) is 6.54. The first-order valence-corrected chi connectivity index (χ1v) is 7.25. The Bertz CT molecular complexity index is 609. The number of halogens is 2. The fraction of sp³-hybridized carbons (Fsp3) is 0.538. The number of aromatic nitrogens is 2. The quantitative estimate of drug-likeness (QED) is 0.803. The predicted octanol–water partition coefficient (Wildman–Crippen LogP) is 3.32. The van der Waals surface area contributed by atoms with Crippen molar-refractivity contribution in [2.75, 3.05) is 18.0 Å². The zero-order chi connectivity index (χ0) is 13.1. The lowest BCUT2D eigenvalue weighted by molar-refractivity contribution is 0.0575. The van der Waals surface area contributed by atoms with Gasteiger partial charge in [-0.05, 0) is 18.9 Å². The Hall–Kier alpha value is -1.30. The summed E-state index contributed by atoms with van der Waals surface area (Å²) in [6.45, 7) is 1.26. The largest absolute Gasteiger partial charge is 0.347 e. The van der Waals surface area contributed by atoms with Gasteiger partial charge < -0.3 is 4.90 Å². The molecule has 1 spiro atoms. The maximum absolute atomic E-state index is 13.5. The summed E-state index contributed by atoms with van der Waals surface area (Å²) in [6.07, 6.45) is 4.97. The van der Waals surface area contributed by atoms with Gasteiger partial charge in [-0.15, -0.1) is 0 Å². The van der Waals surface area contributed by atoms with E-state index in [0.29, 0.717) is 13.0 Å². The van der Waals surface area contributed by atoms with Crippen LogP contribution in [0.15, 0.2) is 18.5 Å². The van der Waals surface area contributed by atoms with Gasteiger partial charge in [0, 0.05) is 25.7 Å². The molecule has 4 rings (SSSR count). The third kappa shape index (κ3) is 1.65. The molecule has 6 heteroatoms. The first-order valence-electron chi connectivity index (χ1n) is 6.43. The van der Waals surface area contributed by atoms with Crippen LogP contribution in [0.2, 0.25) is 0 Å². The highest BCUT2D eigenvalue weighted by atomic mass is 32.1. The first-order chi connectivity index (χ1) is 9.10. The van der Waals surface area contributed by atoms with Crippen molar-refractivity contribution in [2.24, 2.45) is 5.41 Å². The average molecular weight is 281 g/mol. The zero-order valence-corrected chi connectivity index (χ0v) is 11.1. The van der Waals surface area contributed by atoms with Crippen molar-refractivity contribution >= 4 is 26.7 Å². The van der Waals surface area contributed by atoms with Gasteiger partial charge in [0.1, 0.15) is 5.52 Å². The van der Waals surface area contributed by atoms with Crippen LogP contribution in [0.4, 0.5) is 13.9 Å². The van der Waals surface area contributed by atoms with E-state index in [1.807, 2.05) is 11.0 Å². The molecule has 1 saturated heterocycles. The van der Waals surface area contributed by atoms with E-state index < -0.39 is 11.3 Å². The van der Waals surface area contributed by atoms with Crippen LogP contribution >= 0.6 is 11.3 Å². The maximum Gasteiger partial charge on any atom is 0.256 e. The summed E-state index contributed by atoms with van der Waals surface area (Å²) in [5.74, 6) is -2.47. The van der Waals surface area contributed by atoms with Gasteiger partial charge in [-0.1, -0.05) is 11.3 Å². The number of nitrogens with zero attached hydrogens (tertiary/aromatic N) is 3. The average Bonchev–Trinajstić information content (AvgIpc) is 2.77. The standard InChI is InChI=1S/C13H13F2N3S/c14-13(15)7-12(13)3-1-5-18(8-12)11-17-9-6-16-4-2-10(9)19-11/h2,4,6H,1,3,5,7-8H2. The van der Waals surface area contributed by atoms with Crippen LogP contribution < -0.4 is 4.90 Å². The van der Waals surface area contributed by atoms with Crippen LogP contribution in [0.1, 0.15) is 19.3 Å². The van der Waals surface area contributed by atoms with Gasteiger partial charge in [0.15, 0.2) is 5.13 Å². The molecule has 0 bridgehead atoms. The number of rotatable bonds is 1. The number of piperidine rings is 1. The minimum atomic E-state index is -2.47. The topological polar surface area (TPSA) is 29.0 Å². The van der Waals surface area contributed by atoms with Crippen LogP contribution in [0.25, 0.3) is 10.2 Å². The maximum atomic E-state index is 13.5. The van der Waals surface area contributed by atoms with Gasteiger partial charge in [0.2, 0.25) is 0 Å². The lowest BCUT2D eigenvalue weighted by atomic mass is 9.95. The molecule has 1 aliphatic carbocycles. The molecule has 3 heterocycles. The summed E-state index contributed by atoms with van der Waals surface area (Å²) in [4.78, 5) is 10.6. The molecule has 0 N–H and O–H groups in total. The Balaban J connectivity index is 1.65. The van der Waals surface area contributed by atoms with Gasteiger partial charge in [-0.25, -0.2) is 13.8 Å². The fourth-order valence-electron chi connectivity index (χ4n) is 3.02. The Morgan fingerprint density at radius 1 is 1.37 bits per heavy atom. The molecule has 100 valence electrons. The summed E-state index contributed by atoms with van der Waals surface area (Å²) < 4.78 is 28.1. The highest BCUT2D eigenvalue weighted by Crippen LogP contribution is 2.64. The van der Waals surface area contributed by atoms with E-state index in [9.17, 15) is 8.78 Å². The normalized spacial score (nSPS) is 29.1. The lowest BCUT2D eigenvalue weighted by Gasteiger charge is -2.32. The van der Waals surface area contributed by atoms with Crippen molar-refractivity contribution in [3.8, 4) is 0 Å². The highest BCUT2D eigenvalue weighted by Gasteiger charge is 2.71. The number of fused-ring (bicyclic) bond motifs is 1. The number of alkyl halides is 2. The summed E-state index contributed by atoms with van der Waals surface area (Å²) in [5.41, 5.74) is 0.0751. The van der Waals surface area contributed by atoms with E-state index in [1.165, 1.54) is 0 Å². The molecular formula is C13H13F2N3S. The SMILES string of the molecule is FC1(F)CC12CCCN(c1nc3cnccc3s1)C2. The molecule has 1 saturated carbocycles. The van der Waals surface area contributed by atoms with Crippen LogP contribution in [0, 0.1) is 5.41 Å². The molecule has 1 aliphatic heterocycles. The van der Waals surface area contributed by atoms with Gasteiger partial charge in [0.25, 0.3) is 5.92 Å². The van der Waals surface area contributed by atoms with Crippen LogP contribution in [-0.2, 0) is 0 Å². The number of hydrogen-bond acceptors (Lipinski definition) is 4. The number of hydrogen-bond donors (Lipinski definition) is 0. The second-order valence-electron chi connectivity index (χ2n) is 5.53. The Morgan fingerprint density at radius 3 is 2.95 bits per heavy atom. The monoisotopic (exact) mass is 281 g/mol. The van der Waals surface area contributed by atoms with Gasteiger partial charge in [0.05, 0.1) is 16.3 Å². The summed E-state index contributed by atoms with van der Waals surface area (Å²) in [6, 6.07) is 1.92. The van der Waals surface area contributed by atoms with E-state index in [1.54, 1.807) is 23.7 Å². The summed E-state index contributed by atoms with van der Waals surface area (Å²) in [7, 11) is 0. The molecule has 1 unspecified atom stereocenters. The van der Waals surface area contributed by atoms with Crippen LogP contribution in [-0.4, -0.2) is 29.0 Å². The van der Waals surface area contributed by atoms with E-state index in [4.69, 9.17) is 0 Å². The summed E-state index contributed by atoms with van der Waals surface area (Å²) >= 11 is 1.56. The molecular weight excluding hydrogens is 268 g/mol. The smallest absolute Gasteiger partial charge is 0.256 e. The van der Waals surface area contributed by atoms with Crippen molar-refractivity contribution in [3.05, 3.63) is 18.5 Å². The molecule has 0 amide bonds.